The van der Waals surface area contributed by atoms with Gasteiger partial charge in [-0.05, 0) is 48.1 Å². The number of hydrogen-bond acceptors (Lipinski definition) is 8. The molecule has 6 nitrogen and oxygen atoms in total. The molecule has 3 aromatic heterocycles. The van der Waals surface area contributed by atoms with Gasteiger partial charge >= 0.3 is 0 Å². The number of aromatic nitrogens is 2. The highest BCUT2D eigenvalue weighted by Gasteiger charge is 2.21. The van der Waals surface area contributed by atoms with Crippen LogP contribution in [0.2, 0.25) is 0 Å². The van der Waals surface area contributed by atoms with Gasteiger partial charge in [0.15, 0.2) is 23.0 Å². The van der Waals surface area contributed by atoms with Crippen LogP contribution in [0.5, 0.6) is 5.75 Å². The molecule has 0 atom stereocenters. The molecule has 1 saturated carbocycles. The molecule has 0 unspecified atom stereocenters. The van der Waals surface area contributed by atoms with Crippen LogP contribution in [0.4, 0.5) is 15.3 Å². The van der Waals surface area contributed by atoms with Crippen molar-refractivity contribution in [3.05, 3.63) is 64.2 Å². The molecule has 1 aliphatic carbocycles. The summed E-state index contributed by atoms with van der Waals surface area (Å²) in [5, 5.41) is 5.89. The summed E-state index contributed by atoms with van der Waals surface area (Å²) in [6.07, 6.45) is 9.63. The monoisotopic (exact) mass is 551 g/mol. The highest BCUT2D eigenvalue weighted by atomic mass is 32.1. The van der Waals surface area contributed by atoms with Gasteiger partial charge in [-0.3, -0.25) is 4.79 Å². The number of nitrogens with zero attached hydrogens (tertiary/aromatic N) is 2. The van der Waals surface area contributed by atoms with E-state index in [9.17, 15) is 9.18 Å². The molecule has 9 heteroatoms. The zero-order valence-corrected chi connectivity index (χ0v) is 22.9. The Balaban J connectivity index is 1.44. The Labute approximate surface area is 229 Å². The minimum Gasteiger partial charge on any atom is -0.488 e. The number of thiazole rings is 1. The van der Waals surface area contributed by atoms with E-state index in [1.54, 1.807) is 42.0 Å². The first-order chi connectivity index (χ1) is 18.6. The van der Waals surface area contributed by atoms with E-state index < -0.39 is 5.82 Å². The van der Waals surface area contributed by atoms with E-state index >= 15 is 0 Å². The number of halogens is 1. The fourth-order valence-corrected chi connectivity index (χ4v) is 6.58. The van der Waals surface area contributed by atoms with Crippen LogP contribution in [0.15, 0.2) is 48.0 Å². The highest BCUT2D eigenvalue weighted by Crippen LogP contribution is 2.38. The fourth-order valence-electron chi connectivity index (χ4n) is 4.78. The Morgan fingerprint density at radius 2 is 2.00 bits per heavy atom. The van der Waals surface area contributed by atoms with Gasteiger partial charge in [0.1, 0.15) is 12.4 Å². The molecule has 1 N–H and O–H groups in total. The topological polar surface area (TPSA) is 73.3 Å². The van der Waals surface area contributed by atoms with Crippen LogP contribution in [0, 0.1) is 11.7 Å². The first-order valence-electron chi connectivity index (χ1n) is 12.8. The molecule has 1 fully saturated rings. The summed E-state index contributed by atoms with van der Waals surface area (Å²) in [6.45, 7) is 0.667. The number of thiophene rings is 1. The van der Waals surface area contributed by atoms with Crippen molar-refractivity contribution >= 4 is 39.9 Å². The molecule has 198 valence electrons. The van der Waals surface area contributed by atoms with E-state index in [0.29, 0.717) is 34.6 Å². The third-order valence-corrected chi connectivity index (χ3v) is 8.63. The minimum absolute atomic E-state index is 0.193. The van der Waals surface area contributed by atoms with Crippen LogP contribution in [0.1, 0.15) is 47.3 Å². The van der Waals surface area contributed by atoms with Crippen LogP contribution >= 0.6 is 22.7 Å². The van der Waals surface area contributed by atoms with Crippen molar-refractivity contribution in [1.29, 1.82) is 0 Å². The van der Waals surface area contributed by atoms with Crippen molar-refractivity contribution in [3.8, 4) is 27.4 Å². The number of benzene rings is 1. The number of ether oxygens (including phenoxy) is 2. The molecule has 0 bridgehead atoms. The van der Waals surface area contributed by atoms with Gasteiger partial charge in [0.2, 0.25) is 0 Å². The Hall–Kier alpha value is -3.14. The van der Waals surface area contributed by atoms with E-state index in [0.717, 1.165) is 33.7 Å². The lowest BCUT2D eigenvalue weighted by Crippen LogP contribution is -2.09. The van der Waals surface area contributed by atoms with Gasteiger partial charge in [-0.2, -0.15) is 0 Å². The van der Waals surface area contributed by atoms with Crippen molar-refractivity contribution in [1.82, 2.24) is 9.97 Å². The third kappa shape index (κ3) is 6.28. The zero-order valence-electron chi connectivity index (χ0n) is 21.2. The predicted molar refractivity (Wildman–Crippen MR) is 151 cm³/mol. The minimum atomic E-state index is -0.432. The lowest BCUT2D eigenvalue weighted by Gasteiger charge is -2.21. The summed E-state index contributed by atoms with van der Waals surface area (Å²) in [4.78, 5) is 23.5. The Kier molecular flexibility index (Phi) is 8.78. The summed E-state index contributed by atoms with van der Waals surface area (Å²) in [7, 11) is 1.58. The van der Waals surface area contributed by atoms with Crippen LogP contribution in [0.3, 0.4) is 0 Å². The number of aldehydes is 1. The largest absolute Gasteiger partial charge is 0.488 e. The quantitative estimate of drug-likeness (QED) is 0.152. The van der Waals surface area contributed by atoms with Crippen molar-refractivity contribution in [2.45, 2.75) is 38.5 Å². The van der Waals surface area contributed by atoms with Crippen molar-refractivity contribution in [2.75, 3.05) is 25.6 Å². The predicted octanol–water partition coefficient (Wildman–Crippen LogP) is 7.78. The van der Waals surface area contributed by atoms with Gasteiger partial charge in [0, 0.05) is 34.2 Å². The first kappa shape index (κ1) is 26.5. The molecule has 0 saturated heterocycles. The highest BCUT2D eigenvalue weighted by molar-refractivity contribution is 7.16. The molecule has 0 spiro atoms. The maximum absolute atomic E-state index is 14.9. The van der Waals surface area contributed by atoms with Gasteiger partial charge in [0.25, 0.3) is 0 Å². The molecule has 5 rings (SSSR count). The van der Waals surface area contributed by atoms with E-state index in [1.807, 2.05) is 29.6 Å². The molecule has 0 amide bonds. The second-order valence-electron chi connectivity index (χ2n) is 9.37. The van der Waals surface area contributed by atoms with Gasteiger partial charge < -0.3 is 14.8 Å². The molecular formula is C29H30FN3O3S2. The standard InChI is InChI=1S/C29H30FN3O3S2/c1-35-11-12-36-24-10-9-20(16-23(24)30)27-26(14-19-6-3-2-4-7-19)38-29(32-27)33-28-22(18-34)15-21(17-31-28)25-8-5-13-37-25/h5,8-10,13,15-19H,2-4,6-7,11-12,14H2,1H3,(H,31,32,33). The van der Waals surface area contributed by atoms with Gasteiger partial charge in [-0.1, -0.05) is 38.2 Å². The van der Waals surface area contributed by atoms with E-state index in [1.165, 1.54) is 38.2 Å². The molecular weight excluding hydrogens is 521 g/mol. The lowest BCUT2D eigenvalue weighted by atomic mass is 9.86. The third-order valence-electron chi connectivity index (χ3n) is 6.72. The average molecular weight is 552 g/mol. The first-order valence-corrected chi connectivity index (χ1v) is 14.5. The molecule has 0 aliphatic heterocycles. The summed E-state index contributed by atoms with van der Waals surface area (Å²) in [5.41, 5.74) is 2.82. The number of rotatable bonds is 11. The van der Waals surface area contributed by atoms with Crippen LogP contribution in [0.25, 0.3) is 21.7 Å². The maximum Gasteiger partial charge on any atom is 0.189 e. The second-order valence-corrected chi connectivity index (χ2v) is 11.4. The normalized spacial score (nSPS) is 13.9. The second kappa shape index (κ2) is 12.6. The SMILES string of the molecule is COCCOc1ccc(-c2nc(Nc3ncc(-c4cccs4)cc3C=O)sc2CC2CCCCC2)cc1F. The molecule has 1 aliphatic rings. The zero-order chi connectivity index (χ0) is 26.3. The molecule has 38 heavy (non-hydrogen) atoms. The van der Waals surface area contributed by atoms with E-state index in [4.69, 9.17) is 14.5 Å². The summed E-state index contributed by atoms with van der Waals surface area (Å²) < 4.78 is 25.4. The number of carbonyl (C=O) groups is 1. The van der Waals surface area contributed by atoms with Crippen LogP contribution < -0.4 is 10.1 Å². The summed E-state index contributed by atoms with van der Waals surface area (Å²) in [5.74, 6) is 0.807. The molecule has 3 heterocycles. The smallest absolute Gasteiger partial charge is 0.189 e. The van der Waals surface area contributed by atoms with Gasteiger partial charge in [0.05, 0.1) is 17.9 Å². The number of pyridine rings is 1. The number of nitrogens with one attached hydrogen (secondary N) is 1. The van der Waals surface area contributed by atoms with E-state index in [2.05, 4.69) is 10.3 Å². The van der Waals surface area contributed by atoms with Crippen molar-refractivity contribution in [3.63, 3.8) is 0 Å². The molecule has 1 aromatic carbocycles. The summed E-state index contributed by atoms with van der Waals surface area (Å²) >= 11 is 3.14. The number of hydrogen-bond donors (Lipinski definition) is 1. The van der Waals surface area contributed by atoms with Crippen molar-refractivity contribution in [2.24, 2.45) is 5.92 Å². The van der Waals surface area contributed by atoms with Crippen molar-refractivity contribution < 1.29 is 18.7 Å². The average Bonchev–Trinajstić information content (AvgIpc) is 3.61. The Morgan fingerprint density at radius 1 is 1.13 bits per heavy atom. The number of methoxy groups -OCH3 is 1. The van der Waals surface area contributed by atoms with Crippen LogP contribution in [-0.4, -0.2) is 36.6 Å². The molecule has 4 aromatic rings. The Morgan fingerprint density at radius 3 is 2.74 bits per heavy atom. The Bertz CT molecular complexity index is 1370. The van der Waals surface area contributed by atoms with E-state index in [-0.39, 0.29) is 12.4 Å². The number of carbonyl (C=O) groups excluding carboxylic acids is 1. The fraction of sp³-hybridized carbons (Fsp3) is 0.345. The summed E-state index contributed by atoms with van der Waals surface area (Å²) in [6, 6.07) is 10.8. The lowest BCUT2D eigenvalue weighted by molar-refractivity contribution is 0.112. The maximum atomic E-state index is 14.9. The molecule has 0 radical (unpaired) electrons. The van der Waals surface area contributed by atoms with Gasteiger partial charge in [-0.25, -0.2) is 14.4 Å². The van der Waals surface area contributed by atoms with Crippen LogP contribution in [-0.2, 0) is 11.2 Å². The number of anilines is 2. The van der Waals surface area contributed by atoms with Gasteiger partial charge in [-0.15, -0.1) is 22.7 Å².